The van der Waals surface area contributed by atoms with Crippen LogP contribution in [-0.4, -0.2) is 34.9 Å². The molecule has 0 atom stereocenters. The van der Waals surface area contributed by atoms with E-state index >= 15 is 0 Å². The number of carbonyl (C=O) groups is 2. The number of furan rings is 1. The van der Waals surface area contributed by atoms with E-state index in [0.717, 1.165) is 5.56 Å². The average molecular weight is 409 g/mol. The Morgan fingerprint density at radius 3 is 2.78 bits per heavy atom. The van der Waals surface area contributed by atoms with Gasteiger partial charge < -0.3 is 19.7 Å². The second kappa shape index (κ2) is 8.50. The van der Waals surface area contributed by atoms with E-state index in [0.29, 0.717) is 35.2 Å². The highest BCUT2D eigenvalue weighted by Gasteiger charge is 2.34. The monoisotopic (exact) mass is 408 g/mol. The van der Waals surface area contributed by atoms with Crippen LogP contribution in [0.5, 0.6) is 0 Å². The van der Waals surface area contributed by atoms with Gasteiger partial charge in [-0.1, -0.05) is 29.3 Å². The van der Waals surface area contributed by atoms with Crippen molar-refractivity contribution in [3.05, 3.63) is 69.3 Å². The number of nitrogens with zero attached hydrogens (tertiary/aromatic N) is 1. The molecule has 6 nitrogen and oxygen atoms in total. The summed E-state index contributed by atoms with van der Waals surface area (Å²) >= 11 is 11.9. The Bertz CT molecular complexity index is 878. The normalized spacial score (nSPS) is 14.1. The zero-order valence-electron chi connectivity index (χ0n) is 14.4. The summed E-state index contributed by atoms with van der Waals surface area (Å²) in [5.74, 6) is -0.952. The van der Waals surface area contributed by atoms with Crippen molar-refractivity contribution in [1.29, 1.82) is 0 Å². The molecule has 0 aliphatic carbocycles. The second-order valence-corrected chi connectivity index (χ2v) is 6.99. The first-order chi connectivity index (χ1) is 13.0. The van der Waals surface area contributed by atoms with Gasteiger partial charge in [-0.3, -0.25) is 9.59 Å². The molecule has 3 rings (SSSR count). The first kappa shape index (κ1) is 19.3. The summed E-state index contributed by atoms with van der Waals surface area (Å²) in [5.41, 5.74) is 1.09. The summed E-state index contributed by atoms with van der Waals surface area (Å²) in [4.78, 5) is 25.7. The van der Waals surface area contributed by atoms with Crippen LogP contribution < -0.4 is 5.32 Å². The highest BCUT2D eigenvalue weighted by atomic mass is 35.5. The van der Waals surface area contributed by atoms with Gasteiger partial charge in [0.1, 0.15) is 5.76 Å². The average Bonchev–Trinajstić information content (AvgIpc) is 3.25. The van der Waals surface area contributed by atoms with Crippen LogP contribution in [0.2, 0.25) is 10.0 Å². The quantitative estimate of drug-likeness (QED) is 0.686. The number of hydrogen-bond acceptors (Lipinski definition) is 4. The molecule has 0 saturated carbocycles. The lowest BCUT2D eigenvalue weighted by Crippen LogP contribution is -2.30. The molecule has 2 heterocycles. The Morgan fingerprint density at radius 1 is 1.26 bits per heavy atom. The van der Waals surface area contributed by atoms with Crippen LogP contribution in [0, 0.1) is 0 Å². The standard InChI is InChI=1S/C19H18Cl2N2O4/c20-15-6-5-12(9-16(15)21)3-1-7-22-18(25)14-11-23(19(26)17(14)24)10-13-4-2-8-27-13/h2,4-6,8-9,24H,1,3,7,10-11H2,(H,22,25). The van der Waals surface area contributed by atoms with Gasteiger partial charge in [-0.25, -0.2) is 0 Å². The van der Waals surface area contributed by atoms with Crippen LogP contribution in [-0.2, 0) is 22.6 Å². The molecule has 142 valence electrons. The molecular weight excluding hydrogens is 391 g/mol. The van der Waals surface area contributed by atoms with E-state index in [-0.39, 0.29) is 18.7 Å². The molecule has 27 heavy (non-hydrogen) atoms. The van der Waals surface area contributed by atoms with Crippen LogP contribution in [0.25, 0.3) is 0 Å². The summed E-state index contributed by atoms with van der Waals surface area (Å²) in [6, 6.07) is 8.85. The summed E-state index contributed by atoms with van der Waals surface area (Å²) in [6.07, 6.45) is 2.90. The molecule has 0 saturated heterocycles. The molecule has 1 aliphatic heterocycles. The van der Waals surface area contributed by atoms with E-state index in [9.17, 15) is 14.7 Å². The van der Waals surface area contributed by atoms with Crippen molar-refractivity contribution in [2.75, 3.05) is 13.1 Å². The molecule has 1 aliphatic rings. The predicted octanol–water partition coefficient (Wildman–Crippen LogP) is 3.49. The first-order valence-corrected chi connectivity index (χ1v) is 9.17. The molecular formula is C19H18Cl2N2O4. The Labute approximate surface area is 166 Å². The van der Waals surface area contributed by atoms with Gasteiger partial charge in [0.15, 0.2) is 5.76 Å². The highest BCUT2D eigenvalue weighted by molar-refractivity contribution is 6.42. The predicted molar refractivity (Wildman–Crippen MR) is 102 cm³/mol. The van der Waals surface area contributed by atoms with E-state index in [1.165, 1.54) is 11.2 Å². The van der Waals surface area contributed by atoms with Crippen molar-refractivity contribution in [2.24, 2.45) is 0 Å². The second-order valence-electron chi connectivity index (χ2n) is 6.18. The fourth-order valence-electron chi connectivity index (χ4n) is 2.81. The molecule has 0 unspecified atom stereocenters. The van der Waals surface area contributed by atoms with E-state index < -0.39 is 17.6 Å². The number of halogens is 2. The van der Waals surface area contributed by atoms with E-state index in [4.69, 9.17) is 27.6 Å². The first-order valence-electron chi connectivity index (χ1n) is 8.41. The number of hydrogen-bond donors (Lipinski definition) is 2. The number of nitrogens with one attached hydrogen (secondary N) is 1. The van der Waals surface area contributed by atoms with Crippen molar-refractivity contribution < 1.29 is 19.1 Å². The van der Waals surface area contributed by atoms with Crippen molar-refractivity contribution in [3.63, 3.8) is 0 Å². The number of aryl methyl sites for hydroxylation is 1. The Balaban J connectivity index is 1.48. The van der Waals surface area contributed by atoms with Crippen LogP contribution in [0.15, 0.2) is 52.3 Å². The fourth-order valence-corrected chi connectivity index (χ4v) is 3.13. The number of rotatable bonds is 7. The summed E-state index contributed by atoms with van der Waals surface area (Å²) in [5, 5.41) is 13.7. The van der Waals surface area contributed by atoms with Crippen LogP contribution in [0.1, 0.15) is 17.7 Å². The lowest BCUT2D eigenvalue weighted by Gasteiger charge is -2.14. The maximum atomic E-state index is 12.3. The van der Waals surface area contributed by atoms with Crippen molar-refractivity contribution in [3.8, 4) is 0 Å². The van der Waals surface area contributed by atoms with E-state index in [2.05, 4.69) is 5.32 Å². The Kier molecular flexibility index (Phi) is 6.08. The molecule has 1 aromatic carbocycles. The molecule has 0 radical (unpaired) electrons. The third-order valence-electron chi connectivity index (χ3n) is 4.24. The number of carbonyl (C=O) groups excluding carboxylic acids is 2. The topological polar surface area (TPSA) is 82.8 Å². The van der Waals surface area contributed by atoms with Crippen molar-refractivity contribution in [2.45, 2.75) is 19.4 Å². The number of benzene rings is 1. The van der Waals surface area contributed by atoms with Gasteiger partial charge in [0.05, 0.1) is 35.0 Å². The van der Waals surface area contributed by atoms with Crippen LogP contribution >= 0.6 is 23.2 Å². The van der Waals surface area contributed by atoms with Gasteiger partial charge >= 0.3 is 0 Å². The van der Waals surface area contributed by atoms with Crippen LogP contribution in [0.3, 0.4) is 0 Å². The minimum atomic E-state index is -0.577. The molecule has 0 spiro atoms. The zero-order valence-corrected chi connectivity index (χ0v) is 15.9. The lowest BCUT2D eigenvalue weighted by atomic mass is 10.1. The van der Waals surface area contributed by atoms with Gasteiger partial charge in [-0.2, -0.15) is 0 Å². The molecule has 0 bridgehead atoms. The fraction of sp³-hybridized carbons (Fsp3) is 0.263. The summed E-state index contributed by atoms with van der Waals surface area (Å²) in [6.45, 7) is 0.649. The number of aliphatic hydroxyl groups excluding tert-OH is 1. The van der Waals surface area contributed by atoms with Gasteiger partial charge in [-0.05, 0) is 42.7 Å². The Morgan fingerprint density at radius 2 is 2.07 bits per heavy atom. The molecule has 0 fully saturated rings. The van der Waals surface area contributed by atoms with Gasteiger partial charge in [0.25, 0.3) is 11.8 Å². The molecule has 2 aromatic rings. The van der Waals surface area contributed by atoms with Crippen molar-refractivity contribution in [1.82, 2.24) is 10.2 Å². The van der Waals surface area contributed by atoms with Crippen LogP contribution in [0.4, 0.5) is 0 Å². The number of aliphatic hydroxyl groups is 1. The SMILES string of the molecule is O=C(NCCCc1ccc(Cl)c(Cl)c1)C1=C(O)C(=O)N(Cc2ccco2)C1. The molecule has 1 aromatic heterocycles. The van der Waals surface area contributed by atoms with E-state index in [1.807, 2.05) is 6.07 Å². The number of amides is 2. The molecule has 2 N–H and O–H groups in total. The van der Waals surface area contributed by atoms with Gasteiger partial charge in [-0.15, -0.1) is 0 Å². The maximum absolute atomic E-state index is 12.3. The highest BCUT2D eigenvalue weighted by Crippen LogP contribution is 2.23. The van der Waals surface area contributed by atoms with Gasteiger partial charge in [0.2, 0.25) is 0 Å². The molecule has 8 heteroatoms. The molecule has 2 amide bonds. The summed E-state index contributed by atoms with van der Waals surface area (Å²) < 4.78 is 5.20. The maximum Gasteiger partial charge on any atom is 0.289 e. The minimum absolute atomic E-state index is 0.0456. The Hall–Kier alpha value is -2.44. The van der Waals surface area contributed by atoms with Gasteiger partial charge in [0, 0.05) is 6.54 Å². The lowest BCUT2D eigenvalue weighted by molar-refractivity contribution is -0.128. The van der Waals surface area contributed by atoms with E-state index in [1.54, 1.807) is 24.3 Å². The minimum Gasteiger partial charge on any atom is -0.503 e. The summed E-state index contributed by atoms with van der Waals surface area (Å²) in [7, 11) is 0. The third-order valence-corrected chi connectivity index (χ3v) is 4.98. The zero-order chi connectivity index (χ0) is 19.4. The smallest absolute Gasteiger partial charge is 0.289 e. The third kappa shape index (κ3) is 4.64. The van der Waals surface area contributed by atoms with Crippen molar-refractivity contribution >= 4 is 35.0 Å². The largest absolute Gasteiger partial charge is 0.503 e.